The number of halogens is 1. The summed E-state index contributed by atoms with van der Waals surface area (Å²) in [5.41, 5.74) is 0. The van der Waals surface area contributed by atoms with Crippen LogP contribution in [-0.4, -0.2) is 38.3 Å². The van der Waals surface area contributed by atoms with Crippen LogP contribution in [0.3, 0.4) is 0 Å². The van der Waals surface area contributed by atoms with Crippen molar-refractivity contribution in [3.63, 3.8) is 0 Å². The highest BCUT2D eigenvalue weighted by Gasteiger charge is 2.28. The van der Waals surface area contributed by atoms with Crippen molar-refractivity contribution in [2.45, 2.75) is 17.8 Å². The standard InChI is InChI=1S/C6H12BrNO3S/c1-2-12(9,10)8-6-4-11-3-5(6)7/h5-6,8H,2-4H2,1H3. The minimum Gasteiger partial charge on any atom is -0.379 e. The molecule has 1 aliphatic rings. The molecule has 0 aromatic rings. The average molecular weight is 258 g/mol. The molecule has 72 valence electrons. The molecule has 0 aliphatic carbocycles. The van der Waals surface area contributed by atoms with Crippen LogP contribution < -0.4 is 4.72 Å². The first-order valence-corrected chi connectivity index (χ1v) is 6.34. The van der Waals surface area contributed by atoms with Gasteiger partial charge in [0, 0.05) is 0 Å². The molecule has 1 heterocycles. The lowest BCUT2D eigenvalue weighted by Gasteiger charge is -2.12. The number of ether oxygens (including phenoxy) is 1. The molecule has 4 nitrogen and oxygen atoms in total. The first-order chi connectivity index (χ1) is 5.55. The molecule has 2 atom stereocenters. The quantitative estimate of drug-likeness (QED) is 0.730. The Labute approximate surface area is 80.8 Å². The van der Waals surface area contributed by atoms with Gasteiger partial charge in [-0.2, -0.15) is 0 Å². The van der Waals surface area contributed by atoms with E-state index >= 15 is 0 Å². The van der Waals surface area contributed by atoms with Crippen molar-refractivity contribution < 1.29 is 13.2 Å². The summed E-state index contributed by atoms with van der Waals surface area (Å²) in [6.07, 6.45) is 0. The van der Waals surface area contributed by atoms with Gasteiger partial charge in [-0.3, -0.25) is 0 Å². The highest BCUT2D eigenvalue weighted by atomic mass is 79.9. The molecule has 1 aliphatic heterocycles. The molecule has 0 radical (unpaired) electrons. The summed E-state index contributed by atoms with van der Waals surface area (Å²) < 4.78 is 29.9. The van der Waals surface area contributed by atoms with Crippen molar-refractivity contribution in [3.8, 4) is 0 Å². The Morgan fingerprint density at radius 3 is 2.67 bits per heavy atom. The predicted octanol–water partition coefficient (Wildman–Crippen LogP) is 0.0880. The molecule has 0 bridgehead atoms. The van der Waals surface area contributed by atoms with Crippen LogP contribution in [0.25, 0.3) is 0 Å². The molecular formula is C6H12BrNO3S. The second kappa shape index (κ2) is 4.04. The molecular weight excluding hydrogens is 246 g/mol. The zero-order valence-corrected chi connectivity index (χ0v) is 9.19. The van der Waals surface area contributed by atoms with E-state index in [9.17, 15) is 8.42 Å². The van der Waals surface area contributed by atoms with Crippen LogP contribution in [0.2, 0.25) is 0 Å². The third-order valence-corrected chi connectivity index (χ3v) is 4.05. The van der Waals surface area contributed by atoms with Crippen molar-refractivity contribution in [2.24, 2.45) is 0 Å². The third kappa shape index (κ3) is 2.69. The Morgan fingerprint density at radius 1 is 1.58 bits per heavy atom. The van der Waals surface area contributed by atoms with E-state index in [0.29, 0.717) is 13.2 Å². The Morgan fingerprint density at radius 2 is 2.25 bits per heavy atom. The van der Waals surface area contributed by atoms with Crippen LogP contribution in [0.5, 0.6) is 0 Å². The second-order valence-electron chi connectivity index (χ2n) is 2.68. The van der Waals surface area contributed by atoms with Gasteiger partial charge in [0.25, 0.3) is 0 Å². The molecule has 0 spiro atoms. The monoisotopic (exact) mass is 257 g/mol. The van der Waals surface area contributed by atoms with Gasteiger partial charge in [-0.15, -0.1) is 0 Å². The highest BCUT2D eigenvalue weighted by molar-refractivity contribution is 9.09. The molecule has 2 unspecified atom stereocenters. The lowest BCUT2D eigenvalue weighted by molar-refractivity contribution is 0.193. The van der Waals surface area contributed by atoms with Gasteiger partial charge < -0.3 is 4.74 Å². The molecule has 1 saturated heterocycles. The molecule has 1 N–H and O–H groups in total. The van der Waals surface area contributed by atoms with Crippen LogP contribution in [0.4, 0.5) is 0 Å². The first-order valence-electron chi connectivity index (χ1n) is 3.77. The molecule has 0 aromatic carbocycles. The fraction of sp³-hybridized carbons (Fsp3) is 1.00. The fourth-order valence-electron chi connectivity index (χ4n) is 0.950. The summed E-state index contributed by atoms with van der Waals surface area (Å²) in [7, 11) is -3.10. The largest absolute Gasteiger partial charge is 0.379 e. The van der Waals surface area contributed by atoms with E-state index < -0.39 is 10.0 Å². The first kappa shape index (κ1) is 10.4. The summed E-state index contributed by atoms with van der Waals surface area (Å²) in [5.74, 6) is 0.114. The van der Waals surface area contributed by atoms with E-state index in [0.717, 1.165) is 0 Å². The van der Waals surface area contributed by atoms with Crippen LogP contribution in [-0.2, 0) is 14.8 Å². The Bertz CT molecular complexity index is 241. The Balaban J connectivity index is 2.51. The second-order valence-corrected chi connectivity index (χ2v) is 5.90. The van der Waals surface area contributed by atoms with E-state index in [1.165, 1.54) is 0 Å². The van der Waals surface area contributed by atoms with E-state index in [1.807, 2.05) is 0 Å². The maximum Gasteiger partial charge on any atom is 0.211 e. The number of sulfonamides is 1. The van der Waals surface area contributed by atoms with E-state index in [1.54, 1.807) is 6.92 Å². The number of alkyl halides is 1. The van der Waals surface area contributed by atoms with Crippen LogP contribution in [0.15, 0.2) is 0 Å². The van der Waals surface area contributed by atoms with Crippen molar-refractivity contribution in [1.82, 2.24) is 4.72 Å². The summed E-state index contributed by atoms with van der Waals surface area (Å²) in [5, 5.41) is 0. The normalized spacial score (nSPS) is 30.8. The van der Waals surface area contributed by atoms with Gasteiger partial charge in [0.05, 0.1) is 29.8 Å². The lowest BCUT2D eigenvalue weighted by Crippen LogP contribution is -2.40. The van der Waals surface area contributed by atoms with Gasteiger partial charge in [0.15, 0.2) is 0 Å². The molecule has 0 saturated carbocycles. The zero-order valence-electron chi connectivity index (χ0n) is 6.79. The van der Waals surface area contributed by atoms with E-state index in [4.69, 9.17) is 4.74 Å². The third-order valence-electron chi connectivity index (χ3n) is 1.72. The molecule has 1 rings (SSSR count). The van der Waals surface area contributed by atoms with Crippen molar-refractivity contribution >= 4 is 26.0 Å². The van der Waals surface area contributed by atoms with Crippen molar-refractivity contribution in [2.75, 3.05) is 19.0 Å². The molecule has 12 heavy (non-hydrogen) atoms. The average Bonchev–Trinajstić information content (AvgIpc) is 2.36. The van der Waals surface area contributed by atoms with Crippen molar-refractivity contribution in [1.29, 1.82) is 0 Å². The summed E-state index contributed by atoms with van der Waals surface area (Å²) in [4.78, 5) is 0.0961. The van der Waals surface area contributed by atoms with E-state index in [2.05, 4.69) is 20.7 Å². The molecule has 1 fully saturated rings. The maximum atomic E-state index is 11.1. The number of hydrogen-bond acceptors (Lipinski definition) is 3. The van der Waals surface area contributed by atoms with Crippen molar-refractivity contribution in [3.05, 3.63) is 0 Å². The van der Waals surface area contributed by atoms with Gasteiger partial charge in [-0.25, -0.2) is 13.1 Å². The smallest absolute Gasteiger partial charge is 0.211 e. The number of nitrogens with one attached hydrogen (secondary N) is 1. The van der Waals surface area contributed by atoms with Gasteiger partial charge in [-0.05, 0) is 6.92 Å². The van der Waals surface area contributed by atoms with Gasteiger partial charge in [-0.1, -0.05) is 15.9 Å². The Hall–Kier alpha value is 0.350. The van der Waals surface area contributed by atoms with Crippen LogP contribution in [0.1, 0.15) is 6.92 Å². The minimum atomic E-state index is -3.10. The zero-order chi connectivity index (χ0) is 9.19. The minimum absolute atomic E-state index is 0.0961. The van der Waals surface area contributed by atoms with E-state index in [-0.39, 0.29) is 16.6 Å². The maximum absolute atomic E-state index is 11.1. The number of hydrogen-bond donors (Lipinski definition) is 1. The van der Waals surface area contributed by atoms with Gasteiger partial charge in [0.1, 0.15) is 0 Å². The topological polar surface area (TPSA) is 55.4 Å². The number of rotatable bonds is 3. The van der Waals surface area contributed by atoms with Gasteiger partial charge >= 0.3 is 0 Å². The fourth-order valence-corrected chi connectivity index (χ4v) is 2.46. The molecule has 0 amide bonds. The highest BCUT2D eigenvalue weighted by Crippen LogP contribution is 2.14. The Kier molecular flexibility index (Phi) is 3.51. The summed E-state index contributed by atoms with van der Waals surface area (Å²) in [6, 6.07) is -0.116. The van der Waals surface area contributed by atoms with Crippen LogP contribution in [0, 0.1) is 0 Å². The predicted molar refractivity (Wildman–Crippen MR) is 49.9 cm³/mol. The van der Waals surface area contributed by atoms with Crippen LogP contribution >= 0.6 is 15.9 Å². The molecule has 6 heteroatoms. The lowest BCUT2D eigenvalue weighted by atomic mass is 10.3. The molecule has 0 aromatic heterocycles. The summed E-state index contributed by atoms with van der Waals surface area (Å²) in [6.45, 7) is 2.63. The SMILES string of the molecule is CCS(=O)(=O)NC1COCC1Br. The summed E-state index contributed by atoms with van der Waals surface area (Å²) >= 11 is 3.33. The van der Waals surface area contributed by atoms with Gasteiger partial charge in [0.2, 0.25) is 10.0 Å².